The number of ketones is 1. The molecule has 1 aromatic heterocycles. The van der Waals surface area contributed by atoms with E-state index < -0.39 is 0 Å². The van der Waals surface area contributed by atoms with Gasteiger partial charge in [0.05, 0.1) is 0 Å². The summed E-state index contributed by atoms with van der Waals surface area (Å²) < 4.78 is 0. The van der Waals surface area contributed by atoms with E-state index in [2.05, 4.69) is 4.98 Å². The van der Waals surface area contributed by atoms with Gasteiger partial charge in [-0.05, 0) is 34.7 Å². The zero-order valence-electron chi connectivity index (χ0n) is 15.4. The second kappa shape index (κ2) is 6.58. The van der Waals surface area contributed by atoms with E-state index >= 15 is 0 Å². The van der Waals surface area contributed by atoms with Gasteiger partial charge in [-0.2, -0.15) is 0 Å². The van der Waals surface area contributed by atoms with Crippen molar-refractivity contribution in [3.8, 4) is 0 Å². The third kappa shape index (κ3) is 3.28. The lowest BCUT2D eigenvalue weighted by Gasteiger charge is -2.32. The van der Waals surface area contributed by atoms with Crippen LogP contribution in [-0.4, -0.2) is 15.9 Å². The summed E-state index contributed by atoms with van der Waals surface area (Å²) in [7, 11) is 0. The van der Waals surface area contributed by atoms with Crippen LogP contribution in [0.5, 0.6) is 0 Å². The summed E-state index contributed by atoms with van der Waals surface area (Å²) in [6.45, 7) is 4.03. The maximum Gasteiger partial charge on any atom is 0.163 e. The summed E-state index contributed by atoms with van der Waals surface area (Å²) in [5.74, 6) is -0.127. The van der Waals surface area contributed by atoms with Gasteiger partial charge in [-0.1, -0.05) is 55.8 Å². The van der Waals surface area contributed by atoms with Crippen LogP contribution in [0.2, 0.25) is 5.02 Å². The fourth-order valence-corrected chi connectivity index (χ4v) is 4.25. The summed E-state index contributed by atoms with van der Waals surface area (Å²) in [6.07, 6.45) is 2.87. The van der Waals surface area contributed by atoms with Gasteiger partial charge in [0, 0.05) is 46.5 Å². The first-order valence-electron chi connectivity index (χ1n) is 9.12. The Hall–Kier alpha value is -2.52. The van der Waals surface area contributed by atoms with Crippen molar-refractivity contribution >= 4 is 28.3 Å². The van der Waals surface area contributed by atoms with Gasteiger partial charge in [0.2, 0.25) is 0 Å². The molecule has 4 rings (SSSR count). The molecular formula is C23H22ClNO2. The second-order valence-electron chi connectivity index (χ2n) is 8.08. The first kappa shape index (κ1) is 17.9. The molecule has 1 aliphatic rings. The van der Waals surface area contributed by atoms with Crippen molar-refractivity contribution in [1.29, 1.82) is 0 Å². The zero-order valence-corrected chi connectivity index (χ0v) is 16.2. The van der Waals surface area contributed by atoms with Gasteiger partial charge in [-0.3, -0.25) is 4.79 Å². The number of benzene rings is 2. The third-order valence-corrected chi connectivity index (χ3v) is 5.57. The van der Waals surface area contributed by atoms with Gasteiger partial charge in [-0.25, -0.2) is 0 Å². The molecule has 0 bridgehead atoms. The van der Waals surface area contributed by atoms with Gasteiger partial charge in [0.25, 0.3) is 0 Å². The maximum atomic E-state index is 13.1. The van der Waals surface area contributed by atoms with Crippen LogP contribution in [0.15, 0.2) is 66.1 Å². The van der Waals surface area contributed by atoms with Crippen LogP contribution in [0.4, 0.5) is 0 Å². The van der Waals surface area contributed by atoms with Crippen LogP contribution in [-0.2, 0) is 4.79 Å². The minimum absolute atomic E-state index is 0.00832. The molecule has 0 spiro atoms. The van der Waals surface area contributed by atoms with Crippen LogP contribution in [0.3, 0.4) is 0 Å². The summed E-state index contributed by atoms with van der Waals surface area (Å²) in [4.78, 5) is 16.4. The minimum atomic E-state index is -0.331. The third-order valence-electron chi connectivity index (χ3n) is 5.32. The molecule has 0 aliphatic heterocycles. The van der Waals surface area contributed by atoms with E-state index in [0.29, 0.717) is 23.4 Å². The summed E-state index contributed by atoms with van der Waals surface area (Å²) in [5.41, 5.74) is 3.22. The molecule has 2 N–H and O–H groups in total. The maximum absolute atomic E-state index is 13.1. The van der Waals surface area contributed by atoms with Crippen molar-refractivity contribution in [2.75, 3.05) is 0 Å². The molecule has 0 fully saturated rings. The smallest absolute Gasteiger partial charge is 0.163 e. The summed E-state index contributed by atoms with van der Waals surface area (Å²) in [5, 5.41) is 12.6. The lowest BCUT2D eigenvalue weighted by atomic mass is 9.71. The Morgan fingerprint density at radius 3 is 2.48 bits per heavy atom. The summed E-state index contributed by atoms with van der Waals surface area (Å²) in [6, 6.07) is 15.5. The summed E-state index contributed by atoms with van der Waals surface area (Å²) >= 11 is 6.08. The Labute approximate surface area is 163 Å². The Balaban J connectivity index is 1.95. The number of aromatic nitrogens is 1. The fourth-order valence-electron chi connectivity index (χ4n) is 4.12. The Kier molecular flexibility index (Phi) is 4.35. The Morgan fingerprint density at radius 2 is 1.78 bits per heavy atom. The second-order valence-corrected chi connectivity index (χ2v) is 8.51. The number of aliphatic hydroxyl groups is 1. The molecule has 1 aliphatic carbocycles. The highest BCUT2D eigenvalue weighted by atomic mass is 35.5. The molecule has 138 valence electrons. The van der Waals surface area contributed by atoms with Crippen molar-refractivity contribution in [3.05, 3.63) is 82.2 Å². The molecule has 4 heteroatoms. The van der Waals surface area contributed by atoms with E-state index in [9.17, 15) is 9.90 Å². The number of H-pyrrole nitrogens is 1. The Morgan fingerprint density at radius 1 is 1.07 bits per heavy atom. The van der Waals surface area contributed by atoms with E-state index in [1.54, 1.807) is 0 Å². The predicted molar refractivity (Wildman–Crippen MR) is 109 cm³/mol. The Bertz CT molecular complexity index is 1040. The van der Waals surface area contributed by atoms with E-state index in [0.717, 1.165) is 22.0 Å². The number of nitrogens with one attached hydrogen (secondary N) is 1. The van der Waals surface area contributed by atoms with Crippen LogP contribution in [0.25, 0.3) is 10.9 Å². The number of para-hydroxylation sites is 1. The van der Waals surface area contributed by atoms with Crippen LogP contribution < -0.4 is 0 Å². The quantitative estimate of drug-likeness (QED) is 0.573. The molecular weight excluding hydrogens is 358 g/mol. The largest absolute Gasteiger partial charge is 0.512 e. The lowest BCUT2D eigenvalue weighted by Crippen LogP contribution is -2.28. The first-order chi connectivity index (χ1) is 12.9. The first-order valence-corrected chi connectivity index (χ1v) is 9.50. The molecule has 0 saturated heterocycles. The van der Waals surface area contributed by atoms with Crippen LogP contribution in [0.1, 0.15) is 43.7 Å². The number of carbonyl (C=O) groups is 1. The van der Waals surface area contributed by atoms with Crippen molar-refractivity contribution in [2.45, 2.75) is 32.6 Å². The fraction of sp³-hybridized carbons (Fsp3) is 0.261. The highest BCUT2D eigenvalue weighted by Crippen LogP contribution is 2.44. The molecule has 0 radical (unpaired) electrons. The number of Topliss-reactive ketones (excluding diaryl/α,β-unsaturated/α-hetero) is 1. The monoisotopic (exact) mass is 379 g/mol. The highest BCUT2D eigenvalue weighted by molar-refractivity contribution is 6.30. The number of aliphatic hydroxyl groups excluding tert-OH is 1. The van der Waals surface area contributed by atoms with Gasteiger partial charge in [-0.15, -0.1) is 0 Å². The van der Waals surface area contributed by atoms with Crippen molar-refractivity contribution in [1.82, 2.24) is 4.98 Å². The standard InChI is InChI=1S/C23H22ClNO2/c1-23(2)11-19(26)22(20(27)12-23)21(14-7-9-15(24)10-8-14)17-13-25-18-6-4-3-5-16(17)18/h3-10,13,21,25-26H,11-12H2,1-2H3. The molecule has 3 aromatic rings. The van der Waals surface area contributed by atoms with Gasteiger partial charge in [0.15, 0.2) is 5.78 Å². The average molecular weight is 380 g/mol. The molecule has 1 unspecified atom stereocenters. The van der Waals surface area contributed by atoms with E-state index in [-0.39, 0.29) is 22.9 Å². The lowest BCUT2D eigenvalue weighted by molar-refractivity contribution is -0.118. The number of aromatic amines is 1. The number of hydrogen-bond donors (Lipinski definition) is 2. The molecule has 1 atom stereocenters. The van der Waals surface area contributed by atoms with Crippen molar-refractivity contribution in [2.24, 2.45) is 5.41 Å². The molecule has 0 amide bonds. The highest BCUT2D eigenvalue weighted by Gasteiger charge is 2.38. The van der Waals surface area contributed by atoms with Gasteiger partial charge in [0.1, 0.15) is 5.76 Å². The van der Waals surface area contributed by atoms with Crippen LogP contribution in [0, 0.1) is 5.41 Å². The normalized spacial score (nSPS) is 18.1. The molecule has 1 heterocycles. The zero-order chi connectivity index (χ0) is 19.2. The molecule has 3 nitrogen and oxygen atoms in total. The number of rotatable bonds is 3. The average Bonchev–Trinajstić information content (AvgIpc) is 3.02. The number of halogens is 1. The minimum Gasteiger partial charge on any atom is -0.512 e. The van der Waals surface area contributed by atoms with E-state index in [4.69, 9.17) is 11.6 Å². The van der Waals surface area contributed by atoms with Gasteiger partial charge >= 0.3 is 0 Å². The van der Waals surface area contributed by atoms with Crippen LogP contribution >= 0.6 is 11.6 Å². The molecule has 0 saturated carbocycles. The van der Waals surface area contributed by atoms with Crippen molar-refractivity contribution < 1.29 is 9.90 Å². The van der Waals surface area contributed by atoms with E-state index in [1.807, 2.05) is 68.6 Å². The SMILES string of the molecule is CC1(C)CC(=O)C(C(c2ccc(Cl)cc2)c2c[nH]c3ccccc23)=C(O)C1. The molecule has 2 aromatic carbocycles. The molecule has 27 heavy (non-hydrogen) atoms. The van der Waals surface area contributed by atoms with Gasteiger partial charge < -0.3 is 10.1 Å². The number of carbonyl (C=O) groups excluding carboxylic acids is 1. The number of allylic oxidation sites excluding steroid dienone is 2. The van der Waals surface area contributed by atoms with E-state index in [1.165, 1.54) is 0 Å². The number of fused-ring (bicyclic) bond motifs is 1. The number of hydrogen-bond acceptors (Lipinski definition) is 2. The van der Waals surface area contributed by atoms with Crippen molar-refractivity contribution in [3.63, 3.8) is 0 Å². The topological polar surface area (TPSA) is 53.1 Å². The predicted octanol–water partition coefficient (Wildman–Crippen LogP) is 6.15.